The second-order valence-electron chi connectivity index (χ2n) is 6.25. The number of halogens is 4. The van der Waals surface area contributed by atoms with Gasteiger partial charge in [-0.25, -0.2) is 13.4 Å². The highest BCUT2D eigenvalue weighted by molar-refractivity contribution is 9.10. The van der Waals surface area contributed by atoms with E-state index >= 15 is 0 Å². The number of sulfone groups is 1. The number of hydrogen-bond acceptors (Lipinski definition) is 4. The first-order valence-electron chi connectivity index (χ1n) is 8.11. The number of rotatable bonds is 4. The molecule has 3 aromatic rings. The van der Waals surface area contributed by atoms with Crippen LogP contribution in [0.4, 0.5) is 5.69 Å². The summed E-state index contributed by atoms with van der Waals surface area (Å²) in [5.74, 6) is -0.659. The Morgan fingerprint density at radius 2 is 1.93 bits per heavy atom. The van der Waals surface area contributed by atoms with Crippen molar-refractivity contribution >= 4 is 78.6 Å². The molecule has 2 aromatic heterocycles. The summed E-state index contributed by atoms with van der Waals surface area (Å²) in [6, 6.07) is 6.24. The zero-order valence-electron chi connectivity index (χ0n) is 15.6. The summed E-state index contributed by atoms with van der Waals surface area (Å²) in [5.41, 5.74) is 1.61. The van der Waals surface area contributed by atoms with Crippen molar-refractivity contribution in [2.24, 2.45) is 0 Å². The van der Waals surface area contributed by atoms with E-state index in [2.05, 4.69) is 20.9 Å². The average molecular weight is 542 g/mol. The van der Waals surface area contributed by atoms with E-state index in [0.29, 0.717) is 21.6 Å². The van der Waals surface area contributed by atoms with Gasteiger partial charge in [-0.05, 0) is 47.1 Å². The zero-order valence-corrected chi connectivity index (χ0v) is 20.3. The Kier molecular flexibility index (Phi) is 7.28. The van der Waals surface area contributed by atoms with E-state index in [1.54, 1.807) is 36.7 Å². The van der Waals surface area contributed by atoms with Gasteiger partial charge in [-0.3, -0.25) is 9.20 Å². The Balaban J connectivity index is 0.00000300. The molecule has 0 unspecified atom stereocenters. The Labute approximate surface area is 193 Å². The number of carbonyl (C=O) groups excluding carboxylic acids is 1. The van der Waals surface area contributed by atoms with Crippen LogP contribution < -0.4 is 4.90 Å². The Morgan fingerprint density at radius 3 is 2.55 bits per heavy atom. The first-order valence-corrected chi connectivity index (χ1v) is 11.3. The summed E-state index contributed by atoms with van der Waals surface area (Å²) in [6.45, 7) is 3.17. The average Bonchev–Trinajstić information content (AvgIpc) is 2.92. The van der Waals surface area contributed by atoms with Crippen LogP contribution in [-0.2, 0) is 20.4 Å². The minimum Gasteiger partial charge on any atom is -0.314 e. The maximum absolute atomic E-state index is 13.2. The van der Waals surface area contributed by atoms with Crippen LogP contribution in [0.2, 0.25) is 10.0 Å². The van der Waals surface area contributed by atoms with Crippen LogP contribution in [0.1, 0.15) is 18.2 Å². The van der Waals surface area contributed by atoms with E-state index in [-0.39, 0.29) is 38.8 Å². The quantitative estimate of drug-likeness (QED) is 0.461. The van der Waals surface area contributed by atoms with Gasteiger partial charge in [0, 0.05) is 30.8 Å². The van der Waals surface area contributed by atoms with E-state index in [0.717, 1.165) is 0 Å². The largest absolute Gasteiger partial charge is 0.314 e. The monoisotopic (exact) mass is 539 g/mol. The summed E-state index contributed by atoms with van der Waals surface area (Å²) in [6.07, 6.45) is 1.72. The van der Waals surface area contributed by atoms with Gasteiger partial charge in [0.1, 0.15) is 9.50 Å². The number of fused-ring (bicyclic) bond motifs is 1. The van der Waals surface area contributed by atoms with Crippen LogP contribution in [0.15, 0.2) is 40.0 Å². The van der Waals surface area contributed by atoms with Crippen molar-refractivity contribution in [1.82, 2.24) is 9.38 Å². The van der Waals surface area contributed by atoms with Crippen molar-refractivity contribution in [3.05, 3.63) is 56.4 Å². The van der Waals surface area contributed by atoms with Crippen molar-refractivity contribution in [1.29, 1.82) is 0 Å². The molecule has 0 aliphatic carbocycles. The third-order valence-electron chi connectivity index (χ3n) is 4.38. The van der Waals surface area contributed by atoms with Crippen LogP contribution in [0.3, 0.4) is 0 Å². The third kappa shape index (κ3) is 4.41. The van der Waals surface area contributed by atoms with Crippen LogP contribution in [0, 0.1) is 6.92 Å². The minimum absolute atomic E-state index is 0. The highest BCUT2D eigenvalue weighted by Crippen LogP contribution is 2.36. The molecule has 0 fully saturated rings. The molecule has 0 saturated heterocycles. The fraction of sp³-hybridized carbons (Fsp3) is 0.222. The Bertz CT molecular complexity index is 1210. The molecule has 2 heterocycles. The SMILES string of the molecule is CC(=O)N(C)c1ccc(Cl)c(CS(=O)(=O)c2cccn3c(Br)c(C)nc23)c1Cl.Cl. The number of anilines is 1. The molecule has 3 rings (SSSR count). The second kappa shape index (κ2) is 8.81. The third-order valence-corrected chi connectivity index (χ3v) is 7.77. The van der Waals surface area contributed by atoms with Crippen LogP contribution in [0.5, 0.6) is 0 Å². The number of imidazole rings is 1. The van der Waals surface area contributed by atoms with Crippen molar-refractivity contribution in [2.45, 2.75) is 24.5 Å². The fourth-order valence-electron chi connectivity index (χ4n) is 2.78. The molecule has 0 aliphatic rings. The van der Waals surface area contributed by atoms with E-state index < -0.39 is 15.6 Å². The molecule has 0 bridgehead atoms. The normalized spacial score (nSPS) is 11.4. The molecule has 11 heteroatoms. The molecule has 0 radical (unpaired) electrons. The molecule has 0 atom stereocenters. The van der Waals surface area contributed by atoms with E-state index in [1.807, 2.05) is 0 Å². The zero-order chi connectivity index (χ0) is 20.8. The van der Waals surface area contributed by atoms with Gasteiger partial charge in [0.05, 0.1) is 22.2 Å². The molecule has 0 aliphatic heterocycles. The lowest BCUT2D eigenvalue weighted by atomic mass is 10.2. The molecule has 156 valence electrons. The molecule has 1 amide bonds. The Morgan fingerprint density at radius 1 is 1.28 bits per heavy atom. The smallest absolute Gasteiger partial charge is 0.223 e. The molecular formula is C18H17BrCl3N3O3S. The van der Waals surface area contributed by atoms with Gasteiger partial charge in [-0.15, -0.1) is 12.4 Å². The van der Waals surface area contributed by atoms with Gasteiger partial charge in [-0.2, -0.15) is 0 Å². The lowest BCUT2D eigenvalue weighted by Gasteiger charge is -2.19. The van der Waals surface area contributed by atoms with Crippen molar-refractivity contribution in [3.63, 3.8) is 0 Å². The molecule has 0 N–H and O–H groups in total. The molecule has 29 heavy (non-hydrogen) atoms. The summed E-state index contributed by atoms with van der Waals surface area (Å²) in [4.78, 5) is 17.4. The van der Waals surface area contributed by atoms with Gasteiger partial charge in [0.2, 0.25) is 5.91 Å². The van der Waals surface area contributed by atoms with Gasteiger partial charge in [0.15, 0.2) is 15.5 Å². The minimum atomic E-state index is -3.83. The van der Waals surface area contributed by atoms with Gasteiger partial charge >= 0.3 is 0 Å². The maximum atomic E-state index is 13.2. The van der Waals surface area contributed by atoms with Crippen LogP contribution in [-0.4, -0.2) is 30.8 Å². The first kappa shape index (κ1) is 24.0. The molecule has 0 spiro atoms. The maximum Gasteiger partial charge on any atom is 0.223 e. The highest BCUT2D eigenvalue weighted by Gasteiger charge is 2.25. The number of amides is 1. The lowest BCUT2D eigenvalue weighted by molar-refractivity contribution is -0.116. The standard InChI is InChI=1S/C18H16BrCl2N3O3S.ClH/c1-10-17(19)24-8-4-5-15(18(24)22-10)28(26,27)9-12-13(20)6-7-14(16(12)21)23(3)11(2)25;/h4-8H,9H2,1-3H3;1H. The summed E-state index contributed by atoms with van der Waals surface area (Å²) >= 11 is 16.1. The van der Waals surface area contributed by atoms with Crippen molar-refractivity contribution in [2.75, 3.05) is 11.9 Å². The number of pyridine rings is 1. The predicted octanol–water partition coefficient (Wildman–Crippen LogP) is 5.09. The van der Waals surface area contributed by atoms with Gasteiger partial charge < -0.3 is 4.90 Å². The topological polar surface area (TPSA) is 71.8 Å². The molecule has 6 nitrogen and oxygen atoms in total. The highest BCUT2D eigenvalue weighted by atomic mass is 79.9. The summed E-state index contributed by atoms with van der Waals surface area (Å²) < 4.78 is 28.7. The van der Waals surface area contributed by atoms with E-state index in [4.69, 9.17) is 23.2 Å². The predicted molar refractivity (Wildman–Crippen MR) is 121 cm³/mol. The number of aryl methyl sites for hydroxylation is 1. The summed E-state index contributed by atoms with van der Waals surface area (Å²) in [5, 5.41) is 0.336. The number of carbonyl (C=O) groups is 1. The first-order chi connectivity index (χ1) is 13.0. The fourth-order valence-corrected chi connectivity index (χ4v) is 5.49. The van der Waals surface area contributed by atoms with Crippen molar-refractivity contribution in [3.8, 4) is 0 Å². The van der Waals surface area contributed by atoms with Crippen molar-refractivity contribution < 1.29 is 13.2 Å². The van der Waals surface area contributed by atoms with E-state index in [9.17, 15) is 13.2 Å². The number of aromatic nitrogens is 2. The number of hydrogen-bond donors (Lipinski definition) is 0. The molecule has 1 aromatic carbocycles. The second-order valence-corrected chi connectivity index (χ2v) is 9.74. The lowest BCUT2D eigenvalue weighted by Crippen LogP contribution is -2.23. The van der Waals surface area contributed by atoms with Crippen LogP contribution in [0.25, 0.3) is 5.65 Å². The van der Waals surface area contributed by atoms with Crippen LogP contribution >= 0.6 is 51.5 Å². The van der Waals surface area contributed by atoms with Gasteiger partial charge in [0.25, 0.3) is 0 Å². The Hall–Kier alpha value is -1.32. The molecule has 0 saturated carbocycles. The molecular weight excluding hydrogens is 525 g/mol. The van der Waals surface area contributed by atoms with Gasteiger partial charge in [-0.1, -0.05) is 23.2 Å². The number of benzene rings is 1. The summed E-state index contributed by atoms with van der Waals surface area (Å²) in [7, 11) is -2.27. The number of nitrogens with zero attached hydrogens (tertiary/aromatic N) is 3. The van der Waals surface area contributed by atoms with E-state index in [1.165, 1.54) is 24.0 Å².